The highest BCUT2D eigenvalue weighted by Gasteiger charge is 2.50. The molecule has 0 spiro atoms. The van der Waals surface area contributed by atoms with Gasteiger partial charge in [-0.05, 0) is 73.8 Å². The molecule has 0 radical (unpaired) electrons. The van der Waals surface area contributed by atoms with Crippen molar-refractivity contribution in [3.8, 4) is 11.8 Å². The monoisotopic (exact) mass is 444 g/mol. The molecule has 3 N–H and O–H groups in total. The minimum atomic E-state index is -1.17. The number of nitrogens with one attached hydrogen (secondary N) is 2. The van der Waals surface area contributed by atoms with Gasteiger partial charge in [0.2, 0.25) is 0 Å². The predicted molar refractivity (Wildman–Crippen MR) is 116 cm³/mol. The third-order valence-electron chi connectivity index (χ3n) is 7.12. The Hall–Kier alpha value is -2.16. The number of aromatic amines is 1. The van der Waals surface area contributed by atoms with E-state index in [4.69, 9.17) is 23.2 Å². The number of carbonyl (C=O) groups is 2. The smallest absolute Gasteiger partial charge is 0.353 e. The second-order valence-electron chi connectivity index (χ2n) is 9.34. The standard InChI is InChI=1S/C23H22Cl2N2O3/c24-15-6-17(25)20-16(21(22(29)30)27-18(20)7-15)1-2-19(28)26-11-23-8-12-3-13(9-23)5-14(4-12)10-23/h6-7,12-14,27H,3-5,8-11H2,(H,26,28)(H,29,30). The number of amides is 1. The summed E-state index contributed by atoms with van der Waals surface area (Å²) in [7, 11) is 0. The molecule has 1 aromatic carbocycles. The van der Waals surface area contributed by atoms with E-state index in [2.05, 4.69) is 22.1 Å². The van der Waals surface area contributed by atoms with Gasteiger partial charge in [0.15, 0.2) is 0 Å². The largest absolute Gasteiger partial charge is 0.477 e. The molecule has 1 amide bonds. The summed E-state index contributed by atoms with van der Waals surface area (Å²) in [5, 5.41) is 13.7. The zero-order chi connectivity index (χ0) is 21.0. The number of carbonyl (C=O) groups excluding carboxylic acids is 1. The Kier molecular flexibility index (Phi) is 4.76. The van der Waals surface area contributed by atoms with Crippen LogP contribution in [0.25, 0.3) is 10.9 Å². The van der Waals surface area contributed by atoms with Crippen LogP contribution in [0.4, 0.5) is 0 Å². The van der Waals surface area contributed by atoms with Crippen LogP contribution < -0.4 is 5.32 Å². The lowest BCUT2D eigenvalue weighted by Gasteiger charge is -2.56. The van der Waals surface area contributed by atoms with Gasteiger partial charge < -0.3 is 15.4 Å². The molecule has 0 aliphatic heterocycles. The first-order chi connectivity index (χ1) is 14.3. The lowest BCUT2D eigenvalue weighted by Crippen LogP contribution is -2.51. The second kappa shape index (κ2) is 7.21. The van der Waals surface area contributed by atoms with Crippen LogP contribution in [0.5, 0.6) is 0 Å². The summed E-state index contributed by atoms with van der Waals surface area (Å²) in [6.45, 7) is 0.653. The fourth-order valence-electron chi connectivity index (χ4n) is 6.47. The molecular weight excluding hydrogens is 423 g/mol. The fraction of sp³-hybridized carbons (Fsp3) is 0.478. The van der Waals surface area contributed by atoms with Crippen LogP contribution >= 0.6 is 23.2 Å². The number of hydrogen-bond acceptors (Lipinski definition) is 2. The molecule has 0 unspecified atom stereocenters. The highest BCUT2D eigenvalue weighted by atomic mass is 35.5. The number of aromatic carboxylic acids is 1. The number of aromatic nitrogens is 1. The van der Waals surface area contributed by atoms with Gasteiger partial charge in [0.05, 0.1) is 16.1 Å². The van der Waals surface area contributed by atoms with E-state index in [1.54, 1.807) is 6.07 Å². The van der Waals surface area contributed by atoms with Gasteiger partial charge in [-0.25, -0.2) is 4.79 Å². The van der Waals surface area contributed by atoms with Crippen molar-refractivity contribution in [1.29, 1.82) is 0 Å². The molecule has 0 atom stereocenters. The van der Waals surface area contributed by atoms with Crippen molar-refractivity contribution >= 4 is 46.0 Å². The molecule has 30 heavy (non-hydrogen) atoms. The van der Waals surface area contributed by atoms with E-state index >= 15 is 0 Å². The molecule has 6 rings (SSSR count). The Bertz CT molecular complexity index is 1090. The Labute approximate surface area is 184 Å². The normalized spacial score (nSPS) is 28.9. The SMILES string of the molecule is O=C(C#Cc1c(C(=O)O)[nH]c2cc(Cl)cc(Cl)c12)NCC12CC3CC(CC(C3)C1)C2. The average Bonchev–Trinajstić information content (AvgIpc) is 3.02. The molecule has 1 aromatic heterocycles. The topological polar surface area (TPSA) is 82.2 Å². The van der Waals surface area contributed by atoms with Gasteiger partial charge in [0, 0.05) is 22.9 Å². The average molecular weight is 445 g/mol. The first-order valence-electron chi connectivity index (χ1n) is 10.4. The molecule has 4 saturated carbocycles. The minimum Gasteiger partial charge on any atom is -0.477 e. The van der Waals surface area contributed by atoms with E-state index in [0.29, 0.717) is 27.5 Å². The van der Waals surface area contributed by atoms with E-state index in [-0.39, 0.29) is 22.6 Å². The summed E-state index contributed by atoms with van der Waals surface area (Å²) in [6.07, 6.45) is 7.68. The quantitative estimate of drug-likeness (QED) is 0.591. The number of carboxylic acids is 1. The summed E-state index contributed by atoms with van der Waals surface area (Å²) < 4.78 is 0. The van der Waals surface area contributed by atoms with Crippen LogP contribution in [0.15, 0.2) is 12.1 Å². The van der Waals surface area contributed by atoms with E-state index in [9.17, 15) is 14.7 Å². The van der Waals surface area contributed by atoms with Crippen LogP contribution in [0.2, 0.25) is 10.0 Å². The molecule has 4 aliphatic carbocycles. The molecule has 7 heteroatoms. The third kappa shape index (κ3) is 3.46. The first kappa shape index (κ1) is 19.8. The maximum atomic E-state index is 12.5. The summed E-state index contributed by atoms with van der Waals surface area (Å²) >= 11 is 12.3. The molecular formula is C23H22Cl2N2O3. The number of rotatable bonds is 3. The van der Waals surface area contributed by atoms with Gasteiger partial charge in [-0.3, -0.25) is 4.79 Å². The minimum absolute atomic E-state index is 0.101. The molecule has 4 bridgehead atoms. The summed E-state index contributed by atoms with van der Waals surface area (Å²) in [5.74, 6) is 6.20. The lowest BCUT2D eigenvalue weighted by atomic mass is 9.49. The molecule has 4 fully saturated rings. The van der Waals surface area contributed by atoms with Crippen LogP contribution in [0.1, 0.15) is 54.6 Å². The van der Waals surface area contributed by atoms with Gasteiger partial charge in [0.25, 0.3) is 5.91 Å². The first-order valence-corrected chi connectivity index (χ1v) is 11.1. The lowest BCUT2D eigenvalue weighted by molar-refractivity contribution is -0.117. The van der Waals surface area contributed by atoms with E-state index in [1.807, 2.05) is 0 Å². The maximum absolute atomic E-state index is 12.5. The van der Waals surface area contributed by atoms with E-state index < -0.39 is 5.97 Å². The van der Waals surface area contributed by atoms with Crippen LogP contribution in [0, 0.1) is 35.0 Å². The highest BCUT2D eigenvalue weighted by molar-refractivity contribution is 6.39. The number of carboxylic acid groups (broad SMARTS) is 1. The van der Waals surface area contributed by atoms with Crippen molar-refractivity contribution < 1.29 is 14.7 Å². The second-order valence-corrected chi connectivity index (χ2v) is 10.2. The molecule has 4 aliphatic rings. The Balaban J connectivity index is 1.36. The summed E-state index contributed by atoms with van der Waals surface area (Å²) in [5.41, 5.74) is 0.793. The number of H-pyrrole nitrogens is 1. The van der Waals surface area contributed by atoms with Crippen molar-refractivity contribution in [1.82, 2.24) is 10.3 Å². The molecule has 1 heterocycles. The summed E-state index contributed by atoms with van der Waals surface area (Å²) in [6, 6.07) is 3.12. The van der Waals surface area contributed by atoms with Crippen molar-refractivity contribution in [2.24, 2.45) is 23.2 Å². The summed E-state index contributed by atoms with van der Waals surface area (Å²) in [4.78, 5) is 26.9. The van der Waals surface area contributed by atoms with Crippen molar-refractivity contribution in [3.63, 3.8) is 0 Å². The highest BCUT2D eigenvalue weighted by Crippen LogP contribution is 2.59. The molecule has 2 aromatic rings. The predicted octanol–water partition coefficient (Wildman–Crippen LogP) is 4.86. The van der Waals surface area contributed by atoms with E-state index in [1.165, 1.54) is 44.6 Å². The molecule has 0 saturated heterocycles. The van der Waals surface area contributed by atoms with Crippen molar-refractivity contribution in [2.75, 3.05) is 6.54 Å². The Morgan fingerprint density at radius 2 is 1.77 bits per heavy atom. The van der Waals surface area contributed by atoms with Crippen molar-refractivity contribution in [3.05, 3.63) is 33.4 Å². The number of fused-ring (bicyclic) bond motifs is 1. The third-order valence-corrected chi connectivity index (χ3v) is 7.63. The van der Waals surface area contributed by atoms with Crippen LogP contribution in [-0.2, 0) is 4.79 Å². The van der Waals surface area contributed by atoms with Crippen LogP contribution in [0.3, 0.4) is 0 Å². The molecule has 5 nitrogen and oxygen atoms in total. The zero-order valence-electron chi connectivity index (χ0n) is 16.4. The van der Waals surface area contributed by atoms with Crippen molar-refractivity contribution in [2.45, 2.75) is 38.5 Å². The number of halogens is 2. The fourth-order valence-corrected chi connectivity index (χ4v) is 7.06. The van der Waals surface area contributed by atoms with Gasteiger partial charge in [-0.15, -0.1) is 0 Å². The van der Waals surface area contributed by atoms with Gasteiger partial charge in [0.1, 0.15) is 5.69 Å². The number of hydrogen-bond donors (Lipinski definition) is 3. The number of benzene rings is 1. The zero-order valence-corrected chi connectivity index (χ0v) is 17.9. The van der Waals surface area contributed by atoms with E-state index in [0.717, 1.165) is 17.8 Å². The van der Waals surface area contributed by atoms with Gasteiger partial charge in [-0.1, -0.05) is 29.1 Å². The Morgan fingerprint density at radius 3 is 2.37 bits per heavy atom. The van der Waals surface area contributed by atoms with Crippen LogP contribution in [-0.4, -0.2) is 28.5 Å². The maximum Gasteiger partial charge on any atom is 0.353 e. The molecule has 156 valence electrons. The van der Waals surface area contributed by atoms with Gasteiger partial charge in [-0.2, -0.15) is 0 Å². The van der Waals surface area contributed by atoms with Gasteiger partial charge >= 0.3 is 5.97 Å². The Morgan fingerprint density at radius 1 is 1.13 bits per heavy atom.